The topological polar surface area (TPSA) is 90.6 Å². The maximum Gasteiger partial charge on any atom is 0.336 e. The minimum atomic E-state index is -0.777. The second-order valence-electron chi connectivity index (χ2n) is 5.96. The van der Waals surface area contributed by atoms with Crippen molar-refractivity contribution in [2.75, 3.05) is 32.3 Å². The van der Waals surface area contributed by atoms with E-state index in [-0.39, 0.29) is 10.6 Å². The second kappa shape index (κ2) is 10.2. The Morgan fingerprint density at radius 2 is 1.82 bits per heavy atom. The van der Waals surface area contributed by atoms with Gasteiger partial charge in [0.1, 0.15) is 0 Å². The molecule has 2 rings (SSSR count). The molecular formula is C19H22Cl2N2O4S. The summed E-state index contributed by atoms with van der Waals surface area (Å²) < 4.78 is 9.99. The summed E-state index contributed by atoms with van der Waals surface area (Å²) in [4.78, 5) is 25.3. The van der Waals surface area contributed by atoms with Gasteiger partial charge in [-0.15, -0.1) is 0 Å². The zero-order valence-corrected chi connectivity index (χ0v) is 18.1. The Labute approximate surface area is 178 Å². The number of halogens is 2. The predicted octanol–water partition coefficient (Wildman–Crippen LogP) is 3.25. The average Bonchev–Trinajstić information content (AvgIpc) is 2.68. The van der Waals surface area contributed by atoms with Gasteiger partial charge in [0.2, 0.25) is 0 Å². The fraction of sp³-hybridized carbons (Fsp3) is 0.368. The fourth-order valence-electron chi connectivity index (χ4n) is 3.05. The van der Waals surface area contributed by atoms with Gasteiger partial charge in [-0.3, -0.25) is 0 Å². The molecule has 0 aromatic heterocycles. The van der Waals surface area contributed by atoms with E-state index >= 15 is 0 Å². The van der Waals surface area contributed by atoms with Crippen LogP contribution < -0.4 is 11.1 Å². The number of ether oxygens (including phenoxy) is 2. The summed E-state index contributed by atoms with van der Waals surface area (Å²) in [5.74, 6) is -0.704. The molecule has 1 unspecified atom stereocenters. The van der Waals surface area contributed by atoms with Gasteiger partial charge in [-0.2, -0.15) is 11.8 Å². The van der Waals surface area contributed by atoms with E-state index in [1.54, 1.807) is 36.9 Å². The second-order valence-corrected chi connectivity index (χ2v) is 7.85. The minimum Gasteiger partial charge on any atom is -0.466 e. The van der Waals surface area contributed by atoms with E-state index in [1.165, 1.54) is 14.2 Å². The summed E-state index contributed by atoms with van der Waals surface area (Å²) in [6.07, 6.45) is 0. The third kappa shape index (κ3) is 4.66. The third-order valence-corrected chi connectivity index (χ3v) is 6.11. The number of benzene rings is 1. The number of methoxy groups -OCH3 is 2. The van der Waals surface area contributed by atoms with E-state index in [0.717, 1.165) is 5.75 Å². The molecule has 0 spiro atoms. The number of allylic oxidation sites excluding steroid dienone is 1. The van der Waals surface area contributed by atoms with Gasteiger partial charge in [0, 0.05) is 29.4 Å². The number of carbonyl (C=O) groups is 2. The normalized spacial score (nSPS) is 16.7. The number of thioether (sulfide) groups is 1. The Kier molecular flexibility index (Phi) is 8.24. The van der Waals surface area contributed by atoms with Crippen LogP contribution in [0.2, 0.25) is 10.0 Å². The van der Waals surface area contributed by atoms with Crippen LogP contribution >= 0.6 is 35.0 Å². The highest BCUT2D eigenvalue weighted by Gasteiger charge is 2.39. The van der Waals surface area contributed by atoms with Gasteiger partial charge in [0.25, 0.3) is 0 Å². The van der Waals surface area contributed by atoms with Crippen LogP contribution in [0.1, 0.15) is 18.4 Å². The Morgan fingerprint density at radius 3 is 2.43 bits per heavy atom. The van der Waals surface area contributed by atoms with Crippen molar-refractivity contribution in [1.29, 1.82) is 0 Å². The number of carbonyl (C=O) groups excluding carboxylic acids is 2. The van der Waals surface area contributed by atoms with Crippen LogP contribution in [0.4, 0.5) is 0 Å². The average molecular weight is 445 g/mol. The lowest BCUT2D eigenvalue weighted by Crippen LogP contribution is -2.34. The van der Waals surface area contributed by atoms with Crippen LogP contribution in [-0.4, -0.2) is 44.2 Å². The van der Waals surface area contributed by atoms with Gasteiger partial charge in [-0.1, -0.05) is 35.3 Å². The van der Waals surface area contributed by atoms with Crippen LogP contribution in [0.5, 0.6) is 0 Å². The summed E-state index contributed by atoms with van der Waals surface area (Å²) >= 11 is 14.2. The number of rotatable bonds is 7. The summed E-state index contributed by atoms with van der Waals surface area (Å²) in [6, 6.07) is 5.09. The molecule has 1 aliphatic rings. The summed E-state index contributed by atoms with van der Waals surface area (Å²) in [5.41, 5.74) is 7.88. The van der Waals surface area contributed by atoms with E-state index in [2.05, 4.69) is 5.32 Å². The highest BCUT2D eigenvalue weighted by atomic mass is 35.5. The zero-order valence-electron chi connectivity index (χ0n) is 15.8. The maximum absolute atomic E-state index is 12.7. The Bertz CT molecular complexity index is 839. The van der Waals surface area contributed by atoms with Crippen molar-refractivity contribution in [2.45, 2.75) is 12.8 Å². The quantitative estimate of drug-likeness (QED) is 0.492. The number of esters is 2. The molecule has 0 radical (unpaired) electrons. The Hall–Kier alpha value is -1.67. The van der Waals surface area contributed by atoms with Gasteiger partial charge < -0.3 is 20.5 Å². The largest absolute Gasteiger partial charge is 0.466 e. The minimum absolute atomic E-state index is 0.264. The molecule has 1 aromatic carbocycles. The van der Waals surface area contributed by atoms with E-state index in [1.807, 2.05) is 0 Å². The van der Waals surface area contributed by atoms with E-state index in [0.29, 0.717) is 39.9 Å². The molecule has 1 aliphatic heterocycles. The summed E-state index contributed by atoms with van der Waals surface area (Å²) in [6.45, 7) is 2.26. The summed E-state index contributed by atoms with van der Waals surface area (Å²) in [5, 5.41) is 3.75. The molecule has 3 N–H and O–H groups in total. The SMILES string of the molecule is COC(=O)C1=C(C)NC(CSCCN)=C(C(=O)OC)C1c1cccc(Cl)c1Cl. The van der Waals surface area contributed by atoms with Gasteiger partial charge in [-0.25, -0.2) is 9.59 Å². The molecule has 0 fully saturated rings. The monoisotopic (exact) mass is 444 g/mol. The molecule has 1 atom stereocenters. The molecule has 0 aliphatic carbocycles. The first kappa shape index (κ1) is 22.6. The first-order chi connectivity index (χ1) is 13.4. The van der Waals surface area contributed by atoms with Gasteiger partial charge in [0.05, 0.1) is 41.3 Å². The molecule has 28 heavy (non-hydrogen) atoms. The highest BCUT2D eigenvalue weighted by molar-refractivity contribution is 7.99. The lowest BCUT2D eigenvalue weighted by Gasteiger charge is -2.31. The first-order valence-corrected chi connectivity index (χ1v) is 10.4. The molecule has 0 bridgehead atoms. The molecule has 1 heterocycles. The molecule has 6 nitrogen and oxygen atoms in total. The maximum atomic E-state index is 12.7. The van der Waals surface area contributed by atoms with Crippen LogP contribution in [0.15, 0.2) is 40.7 Å². The number of nitrogens with two attached hydrogens (primary N) is 1. The third-order valence-electron chi connectivity index (χ3n) is 4.26. The number of dihydropyridines is 1. The Morgan fingerprint density at radius 1 is 1.18 bits per heavy atom. The lowest BCUT2D eigenvalue weighted by atomic mass is 9.80. The summed E-state index contributed by atoms with van der Waals surface area (Å²) in [7, 11) is 2.58. The van der Waals surface area contributed by atoms with Crippen molar-refractivity contribution in [2.24, 2.45) is 5.73 Å². The van der Waals surface area contributed by atoms with Crippen molar-refractivity contribution in [3.05, 3.63) is 56.3 Å². The van der Waals surface area contributed by atoms with Crippen LogP contribution in [-0.2, 0) is 19.1 Å². The van der Waals surface area contributed by atoms with Gasteiger partial charge in [-0.05, 0) is 18.6 Å². The van der Waals surface area contributed by atoms with Crippen molar-refractivity contribution in [3.63, 3.8) is 0 Å². The Balaban J connectivity index is 2.72. The van der Waals surface area contributed by atoms with Crippen molar-refractivity contribution in [1.82, 2.24) is 5.32 Å². The lowest BCUT2D eigenvalue weighted by molar-refractivity contribution is -0.137. The zero-order chi connectivity index (χ0) is 20.8. The molecular weight excluding hydrogens is 423 g/mol. The molecule has 0 saturated carbocycles. The molecule has 9 heteroatoms. The first-order valence-electron chi connectivity index (χ1n) is 8.46. The number of hydrogen-bond donors (Lipinski definition) is 2. The van der Waals surface area contributed by atoms with E-state index < -0.39 is 17.9 Å². The highest BCUT2D eigenvalue weighted by Crippen LogP contribution is 2.43. The van der Waals surface area contributed by atoms with E-state index in [4.69, 9.17) is 38.4 Å². The van der Waals surface area contributed by atoms with Gasteiger partial charge >= 0.3 is 11.9 Å². The molecule has 152 valence electrons. The van der Waals surface area contributed by atoms with Crippen LogP contribution in [0.3, 0.4) is 0 Å². The van der Waals surface area contributed by atoms with Gasteiger partial charge in [0.15, 0.2) is 0 Å². The van der Waals surface area contributed by atoms with Crippen molar-refractivity contribution < 1.29 is 19.1 Å². The van der Waals surface area contributed by atoms with Crippen molar-refractivity contribution >= 4 is 46.9 Å². The van der Waals surface area contributed by atoms with Crippen LogP contribution in [0.25, 0.3) is 0 Å². The van der Waals surface area contributed by atoms with E-state index in [9.17, 15) is 9.59 Å². The fourth-order valence-corrected chi connectivity index (χ4v) is 4.21. The standard InChI is InChI=1S/C19H22Cl2N2O4S/c1-10-14(18(24)26-2)15(11-5-4-6-12(20)17(11)21)16(19(25)27-3)13(23-10)9-28-8-7-22/h4-6,15,23H,7-9,22H2,1-3H3. The number of nitrogens with one attached hydrogen (secondary N) is 1. The molecule has 0 amide bonds. The number of hydrogen-bond acceptors (Lipinski definition) is 7. The molecule has 0 saturated heterocycles. The molecule has 1 aromatic rings. The predicted molar refractivity (Wildman–Crippen MR) is 112 cm³/mol. The van der Waals surface area contributed by atoms with Crippen molar-refractivity contribution in [3.8, 4) is 0 Å². The van der Waals surface area contributed by atoms with Crippen LogP contribution in [0, 0.1) is 0 Å². The smallest absolute Gasteiger partial charge is 0.336 e.